The molecule has 0 bridgehead atoms. The molecular weight excluding hydrogens is 236 g/mol. The second-order valence-corrected chi connectivity index (χ2v) is 3.59. The highest BCUT2D eigenvalue weighted by Crippen LogP contribution is 2.14. The number of tetrazole rings is 1. The Labute approximate surface area is 103 Å². The molecular formula is C11H12N4O3. The van der Waals surface area contributed by atoms with Gasteiger partial charge in [0.05, 0.1) is 19.2 Å². The van der Waals surface area contributed by atoms with Gasteiger partial charge in [-0.05, 0) is 17.3 Å². The van der Waals surface area contributed by atoms with Gasteiger partial charge in [-0.15, -0.1) is 15.0 Å². The van der Waals surface area contributed by atoms with Gasteiger partial charge in [0.25, 0.3) is 0 Å². The van der Waals surface area contributed by atoms with Crippen molar-refractivity contribution in [2.75, 3.05) is 7.11 Å². The largest absolute Gasteiger partial charge is 0.497 e. The molecule has 0 aliphatic rings. The highest BCUT2D eigenvalue weighted by molar-refractivity contribution is 5.66. The van der Waals surface area contributed by atoms with Gasteiger partial charge in [0.1, 0.15) is 5.75 Å². The van der Waals surface area contributed by atoms with E-state index in [-0.39, 0.29) is 12.8 Å². The molecule has 0 saturated carbocycles. The molecule has 1 N–H and O–H groups in total. The van der Waals surface area contributed by atoms with Crippen molar-refractivity contribution in [3.05, 3.63) is 30.1 Å². The van der Waals surface area contributed by atoms with Crippen LogP contribution >= 0.6 is 0 Å². The van der Waals surface area contributed by atoms with E-state index in [1.807, 2.05) is 18.2 Å². The standard InChI is InChI=1S/C11H12N4O3/c1-18-9-4-2-3-8(7-9)15-13-10(12-14-15)5-6-11(16)17/h2-4,7H,5-6H2,1H3,(H,16,17). The van der Waals surface area contributed by atoms with Gasteiger partial charge in [-0.25, -0.2) is 0 Å². The molecule has 2 aromatic rings. The molecule has 7 heteroatoms. The topological polar surface area (TPSA) is 90.1 Å². The summed E-state index contributed by atoms with van der Waals surface area (Å²) in [6.45, 7) is 0. The highest BCUT2D eigenvalue weighted by Gasteiger charge is 2.07. The highest BCUT2D eigenvalue weighted by atomic mass is 16.5. The van der Waals surface area contributed by atoms with E-state index in [1.54, 1.807) is 13.2 Å². The van der Waals surface area contributed by atoms with Gasteiger partial charge in [-0.1, -0.05) is 6.07 Å². The van der Waals surface area contributed by atoms with Crippen LogP contribution in [0.15, 0.2) is 24.3 Å². The number of carboxylic acids is 1. The van der Waals surface area contributed by atoms with Crippen LogP contribution < -0.4 is 4.74 Å². The van der Waals surface area contributed by atoms with E-state index in [0.29, 0.717) is 17.3 Å². The van der Waals surface area contributed by atoms with Gasteiger partial charge >= 0.3 is 5.97 Å². The van der Waals surface area contributed by atoms with Gasteiger partial charge in [0.15, 0.2) is 5.82 Å². The lowest BCUT2D eigenvalue weighted by Crippen LogP contribution is -2.01. The van der Waals surface area contributed by atoms with Crippen molar-refractivity contribution in [2.24, 2.45) is 0 Å². The minimum atomic E-state index is -0.882. The number of methoxy groups -OCH3 is 1. The Morgan fingerprint density at radius 3 is 3.06 bits per heavy atom. The number of hydrogen-bond acceptors (Lipinski definition) is 5. The average molecular weight is 248 g/mol. The van der Waals surface area contributed by atoms with Gasteiger partial charge in [-0.2, -0.15) is 0 Å². The van der Waals surface area contributed by atoms with Crippen molar-refractivity contribution in [1.29, 1.82) is 0 Å². The fourth-order valence-electron chi connectivity index (χ4n) is 1.41. The third-order valence-electron chi connectivity index (χ3n) is 2.30. The Balaban J connectivity index is 2.15. The molecule has 0 saturated heterocycles. The number of nitrogens with zero attached hydrogens (tertiary/aromatic N) is 4. The second-order valence-electron chi connectivity index (χ2n) is 3.59. The number of ether oxygens (including phenoxy) is 1. The van der Waals surface area contributed by atoms with Crippen LogP contribution in [0.2, 0.25) is 0 Å². The number of carbonyl (C=O) groups is 1. The maximum absolute atomic E-state index is 10.4. The maximum atomic E-state index is 10.4. The van der Waals surface area contributed by atoms with Gasteiger partial charge in [0, 0.05) is 12.5 Å². The third kappa shape index (κ3) is 2.82. The SMILES string of the molecule is COc1cccc(-n2nnc(CCC(=O)O)n2)c1. The van der Waals surface area contributed by atoms with Gasteiger partial charge in [0.2, 0.25) is 0 Å². The predicted octanol–water partition coefficient (Wildman–Crippen LogP) is 0.688. The summed E-state index contributed by atoms with van der Waals surface area (Å²) in [7, 11) is 1.58. The Morgan fingerprint density at radius 2 is 2.33 bits per heavy atom. The lowest BCUT2D eigenvalue weighted by Gasteiger charge is -2.01. The average Bonchev–Trinajstić information content (AvgIpc) is 2.85. The van der Waals surface area contributed by atoms with Crippen LogP contribution in [0.4, 0.5) is 0 Å². The lowest BCUT2D eigenvalue weighted by atomic mass is 10.3. The minimum Gasteiger partial charge on any atom is -0.497 e. The van der Waals surface area contributed by atoms with Crippen LogP contribution in [0.1, 0.15) is 12.2 Å². The van der Waals surface area contributed by atoms with E-state index < -0.39 is 5.97 Å². The first kappa shape index (κ1) is 12.0. The van der Waals surface area contributed by atoms with E-state index in [2.05, 4.69) is 15.4 Å². The quantitative estimate of drug-likeness (QED) is 0.837. The summed E-state index contributed by atoms with van der Waals surface area (Å²) in [5.74, 6) is 0.213. The van der Waals surface area contributed by atoms with Crippen molar-refractivity contribution in [1.82, 2.24) is 20.2 Å². The normalized spacial score (nSPS) is 10.3. The molecule has 1 aromatic heterocycles. The summed E-state index contributed by atoms with van der Waals surface area (Å²) in [5.41, 5.74) is 0.712. The van der Waals surface area contributed by atoms with E-state index in [9.17, 15) is 4.79 Å². The predicted molar refractivity (Wildman–Crippen MR) is 61.7 cm³/mol. The van der Waals surface area contributed by atoms with Crippen molar-refractivity contribution < 1.29 is 14.6 Å². The first-order valence-corrected chi connectivity index (χ1v) is 5.34. The molecule has 7 nitrogen and oxygen atoms in total. The van der Waals surface area contributed by atoms with E-state index in [4.69, 9.17) is 9.84 Å². The first-order chi connectivity index (χ1) is 8.69. The molecule has 0 radical (unpaired) electrons. The Morgan fingerprint density at radius 1 is 1.50 bits per heavy atom. The second kappa shape index (κ2) is 5.26. The molecule has 0 atom stereocenters. The van der Waals surface area contributed by atoms with Crippen molar-refractivity contribution in [3.63, 3.8) is 0 Å². The molecule has 0 unspecified atom stereocenters. The number of aromatic nitrogens is 4. The number of carboxylic acid groups (broad SMARTS) is 1. The molecule has 0 spiro atoms. The van der Waals surface area contributed by atoms with Crippen LogP contribution in [0.3, 0.4) is 0 Å². The van der Waals surface area contributed by atoms with Crippen LogP contribution in [0, 0.1) is 0 Å². The number of hydrogen-bond donors (Lipinski definition) is 1. The molecule has 1 heterocycles. The van der Waals surface area contributed by atoms with Crippen molar-refractivity contribution in [2.45, 2.75) is 12.8 Å². The first-order valence-electron chi connectivity index (χ1n) is 5.34. The fraction of sp³-hybridized carbons (Fsp3) is 0.273. The zero-order valence-electron chi connectivity index (χ0n) is 9.78. The monoisotopic (exact) mass is 248 g/mol. The van der Waals surface area contributed by atoms with E-state index in [1.165, 1.54) is 4.80 Å². The smallest absolute Gasteiger partial charge is 0.303 e. The molecule has 18 heavy (non-hydrogen) atoms. The number of aliphatic carboxylic acids is 1. The molecule has 0 amide bonds. The summed E-state index contributed by atoms with van der Waals surface area (Å²) >= 11 is 0. The molecule has 1 aromatic carbocycles. The van der Waals surface area contributed by atoms with Gasteiger partial charge < -0.3 is 9.84 Å². The van der Waals surface area contributed by atoms with Crippen molar-refractivity contribution >= 4 is 5.97 Å². The molecule has 0 fully saturated rings. The van der Waals surface area contributed by atoms with Crippen LogP contribution in [-0.2, 0) is 11.2 Å². The summed E-state index contributed by atoms with van der Waals surface area (Å²) < 4.78 is 5.10. The fourth-order valence-corrected chi connectivity index (χ4v) is 1.41. The zero-order chi connectivity index (χ0) is 13.0. The van der Waals surface area contributed by atoms with E-state index >= 15 is 0 Å². The van der Waals surface area contributed by atoms with E-state index in [0.717, 1.165) is 0 Å². The lowest BCUT2D eigenvalue weighted by molar-refractivity contribution is -0.137. The zero-order valence-corrected chi connectivity index (χ0v) is 9.78. The molecule has 0 aliphatic carbocycles. The molecule has 2 rings (SSSR count). The number of benzene rings is 1. The molecule has 94 valence electrons. The van der Waals surface area contributed by atoms with Gasteiger partial charge in [-0.3, -0.25) is 4.79 Å². The Bertz CT molecular complexity index is 553. The minimum absolute atomic E-state index is 0.0101. The molecule has 0 aliphatic heterocycles. The summed E-state index contributed by atoms with van der Waals surface area (Å²) in [4.78, 5) is 11.8. The van der Waals surface area contributed by atoms with Crippen LogP contribution in [-0.4, -0.2) is 38.4 Å². The summed E-state index contributed by atoms with van der Waals surface area (Å²) in [5, 5.41) is 20.3. The van der Waals surface area contributed by atoms with Crippen LogP contribution in [0.25, 0.3) is 5.69 Å². The number of rotatable bonds is 5. The number of aryl methyl sites for hydroxylation is 1. The third-order valence-corrected chi connectivity index (χ3v) is 2.30. The van der Waals surface area contributed by atoms with Crippen LogP contribution in [0.5, 0.6) is 5.75 Å². The Hall–Kier alpha value is -2.44. The maximum Gasteiger partial charge on any atom is 0.303 e. The summed E-state index contributed by atoms with van der Waals surface area (Å²) in [6.07, 6.45) is 0.253. The summed E-state index contributed by atoms with van der Waals surface area (Å²) in [6, 6.07) is 7.20. The van der Waals surface area contributed by atoms with Crippen molar-refractivity contribution in [3.8, 4) is 11.4 Å². The Kier molecular flexibility index (Phi) is 3.52.